The number of carboxylic acid groups (broad SMARTS) is 1. The summed E-state index contributed by atoms with van der Waals surface area (Å²) in [4.78, 5) is 37.1. The summed E-state index contributed by atoms with van der Waals surface area (Å²) in [7, 11) is 5.89. The first-order valence-corrected chi connectivity index (χ1v) is 29.9. The van der Waals surface area contributed by atoms with Gasteiger partial charge in [-0.25, -0.2) is 0 Å². The Kier molecular flexibility index (Phi) is 52.0. The number of nitrogens with zero attached hydrogens (tertiary/aromatic N) is 1. The first-order chi connectivity index (χ1) is 35.1. The first kappa shape index (κ1) is 69.0. The Hall–Kier alpha value is -3.01. The first-order valence-electron chi connectivity index (χ1n) is 29.9. The van der Waals surface area contributed by atoms with E-state index in [1.807, 2.05) is 33.3 Å². The van der Waals surface area contributed by atoms with Crippen LogP contribution in [0.5, 0.6) is 0 Å². The number of quaternary nitrogens is 1. The number of allylic oxidation sites excluding steroid dienone is 9. The van der Waals surface area contributed by atoms with Crippen molar-refractivity contribution < 1.29 is 42.9 Å². The zero-order valence-electron chi connectivity index (χ0n) is 47.5. The molecule has 9 heteroatoms. The summed E-state index contributed by atoms with van der Waals surface area (Å²) >= 11 is 0. The Morgan fingerprint density at radius 2 is 0.778 bits per heavy atom. The summed E-state index contributed by atoms with van der Waals surface area (Å²) in [5.74, 6) is -2.44. The van der Waals surface area contributed by atoms with E-state index in [2.05, 4.69) is 56.4 Å². The summed E-state index contributed by atoms with van der Waals surface area (Å²) < 4.78 is 22.5. The van der Waals surface area contributed by atoms with Gasteiger partial charge in [-0.15, -0.1) is 0 Å². The summed E-state index contributed by atoms with van der Waals surface area (Å²) in [6.07, 6.45) is 66.3. The predicted molar refractivity (Wildman–Crippen MR) is 302 cm³/mol. The van der Waals surface area contributed by atoms with Crippen LogP contribution in [0.2, 0.25) is 0 Å². The fourth-order valence-electron chi connectivity index (χ4n) is 8.50. The molecule has 0 aromatic carbocycles. The van der Waals surface area contributed by atoms with E-state index in [0.717, 1.165) is 44.9 Å². The van der Waals surface area contributed by atoms with Crippen molar-refractivity contribution in [3.8, 4) is 0 Å². The van der Waals surface area contributed by atoms with E-state index in [-0.39, 0.29) is 38.6 Å². The highest BCUT2D eigenvalue weighted by molar-refractivity contribution is 5.71. The summed E-state index contributed by atoms with van der Waals surface area (Å²) in [6, 6.07) is 0. The van der Waals surface area contributed by atoms with E-state index < -0.39 is 24.3 Å². The highest BCUT2D eigenvalue weighted by atomic mass is 16.7. The van der Waals surface area contributed by atoms with Crippen LogP contribution in [0.3, 0.4) is 0 Å². The largest absolute Gasteiger partial charge is 0.545 e. The number of hydrogen-bond donors (Lipinski definition) is 0. The van der Waals surface area contributed by atoms with Crippen molar-refractivity contribution in [1.82, 2.24) is 0 Å². The lowest BCUT2D eigenvalue weighted by Crippen LogP contribution is -2.44. The molecule has 418 valence electrons. The molecule has 0 aromatic rings. The molecule has 0 aromatic heterocycles. The number of carbonyl (C=O) groups is 3. The maximum atomic E-state index is 12.7. The van der Waals surface area contributed by atoms with Gasteiger partial charge in [0.2, 0.25) is 0 Å². The molecule has 2 unspecified atom stereocenters. The lowest BCUT2D eigenvalue weighted by molar-refractivity contribution is -0.870. The lowest BCUT2D eigenvalue weighted by atomic mass is 10.0. The van der Waals surface area contributed by atoms with Gasteiger partial charge in [0.05, 0.1) is 46.7 Å². The highest BCUT2D eigenvalue weighted by Crippen LogP contribution is 2.17. The van der Waals surface area contributed by atoms with Gasteiger partial charge >= 0.3 is 11.9 Å². The van der Waals surface area contributed by atoms with E-state index in [1.165, 1.54) is 186 Å². The Labute approximate surface area is 444 Å². The van der Waals surface area contributed by atoms with E-state index in [1.54, 1.807) is 6.08 Å². The van der Waals surface area contributed by atoms with Crippen molar-refractivity contribution in [3.05, 3.63) is 60.8 Å². The van der Waals surface area contributed by atoms with Crippen LogP contribution in [-0.2, 0) is 33.3 Å². The van der Waals surface area contributed by atoms with Gasteiger partial charge in [-0.3, -0.25) is 9.59 Å². The molecule has 0 fully saturated rings. The summed E-state index contributed by atoms with van der Waals surface area (Å²) in [6.45, 7) is 4.54. The molecule has 0 rings (SSSR count). The standard InChI is InChI=1S/C63H113NO8/c1-6-8-10-12-14-16-18-20-22-23-24-25-26-27-28-29-30-31-32-33-34-35-36-37-38-40-41-43-45-47-49-51-53-60(65)70-57-59(58-71-63(62(67)68)69-56-55-64(3,4)5)72-61(66)54-52-50-48-46-44-42-39-21-19-17-15-13-11-9-7-2/h9,11,15,17,21,39,44,46,50,52,59,63H,6-8,10,12-14,16,18-20,22-38,40-43,45,47-49,51,53-58H2,1-5H3/b11-9-,17-15-,39-21-,46-44-,52-50-. The van der Waals surface area contributed by atoms with Gasteiger partial charge in [0, 0.05) is 6.42 Å². The Morgan fingerprint density at radius 1 is 0.431 bits per heavy atom. The predicted octanol–water partition coefficient (Wildman–Crippen LogP) is 16.3. The zero-order valence-corrected chi connectivity index (χ0v) is 47.5. The number of hydrogen-bond acceptors (Lipinski definition) is 8. The molecular formula is C63H113NO8. The quantitative estimate of drug-likeness (QED) is 0.0195. The fraction of sp³-hybridized carbons (Fsp3) is 0.794. The average molecular weight is 1010 g/mol. The smallest absolute Gasteiger partial charge is 0.310 e. The molecule has 0 spiro atoms. The second kappa shape index (κ2) is 54.3. The number of carboxylic acids is 1. The normalized spacial score (nSPS) is 13.2. The number of rotatable bonds is 55. The number of aliphatic carboxylic acids is 1. The molecule has 0 saturated carbocycles. The van der Waals surface area contributed by atoms with E-state index in [4.69, 9.17) is 18.9 Å². The van der Waals surface area contributed by atoms with E-state index in [9.17, 15) is 19.5 Å². The molecule has 9 nitrogen and oxygen atoms in total. The lowest BCUT2D eigenvalue weighted by Gasteiger charge is -2.26. The fourth-order valence-corrected chi connectivity index (χ4v) is 8.50. The van der Waals surface area contributed by atoms with Gasteiger partial charge in [0.25, 0.3) is 0 Å². The minimum atomic E-state index is -1.65. The number of esters is 2. The van der Waals surface area contributed by atoms with Gasteiger partial charge in [0.15, 0.2) is 12.4 Å². The summed E-state index contributed by atoms with van der Waals surface area (Å²) in [5.41, 5.74) is 0. The molecule has 0 aliphatic rings. The van der Waals surface area contributed by atoms with Crippen LogP contribution in [0.1, 0.15) is 264 Å². The van der Waals surface area contributed by atoms with Crippen molar-refractivity contribution in [2.45, 2.75) is 277 Å². The Bertz CT molecular complexity index is 1360. The second-order valence-electron chi connectivity index (χ2n) is 21.3. The van der Waals surface area contributed by atoms with Crippen molar-refractivity contribution >= 4 is 17.9 Å². The minimum absolute atomic E-state index is 0.0155. The number of carbonyl (C=O) groups excluding carboxylic acids is 3. The van der Waals surface area contributed by atoms with Gasteiger partial charge in [-0.05, 0) is 38.5 Å². The number of ether oxygens (including phenoxy) is 4. The summed E-state index contributed by atoms with van der Waals surface area (Å²) in [5, 5.41) is 11.7. The van der Waals surface area contributed by atoms with Crippen molar-refractivity contribution in [2.24, 2.45) is 0 Å². The molecule has 0 aliphatic heterocycles. The van der Waals surface area contributed by atoms with Crippen molar-refractivity contribution in [3.63, 3.8) is 0 Å². The number of unbranched alkanes of at least 4 members (excludes halogenated alkanes) is 31. The van der Waals surface area contributed by atoms with Crippen LogP contribution in [0.25, 0.3) is 0 Å². The van der Waals surface area contributed by atoms with Crippen molar-refractivity contribution in [2.75, 3.05) is 47.5 Å². The van der Waals surface area contributed by atoms with Crippen LogP contribution in [0.4, 0.5) is 0 Å². The Morgan fingerprint density at radius 3 is 1.12 bits per heavy atom. The van der Waals surface area contributed by atoms with Crippen LogP contribution in [0, 0.1) is 0 Å². The monoisotopic (exact) mass is 1010 g/mol. The van der Waals surface area contributed by atoms with Gasteiger partial charge < -0.3 is 33.3 Å². The molecule has 2 atom stereocenters. The molecule has 0 radical (unpaired) electrons. The van der Waals surface area contributed by atoms with Crippen LogP contribution in [-0.4, -0.2) is 82.3 Å². The SMILES string of the molecule is CC/C=C\C/C=C\C/C=C\C/C=C\C/C=C\CC(=O)OC(COC(=O)CCCCCCCCCCCCCCCCCCCCCCCCCCCCCCCCCC)COC(OCC[N+](C)(C)C)C(=O)[O-]. The molecule has 0 bridgehead atoms. The average Bonchev–Trinajstić information content (AvgIpc) is 3.35. The molecule has 0 heterocycles. The molecular weight excluding hydrogens is 899 g/mol. The number of likely N-dealkylation sites (N-methyl/N-ethyl adjacent to an activating group) is 1. The van der Waals surface area contributed by atoms with Crippen LogP contribution >= 0.6 is 0 Å². The third-order valence-corrected chi connectivity index (χ3v) is 13.1. The van der Waals surface area contributed by atoms with Crippen LogP contribution < -0.4 is 5.11 Å². The zero-order chi connectivity index (χ0) is 52.7. The molecule has 0 N–H and O–H groups in total. The van der Waals surface area contributed by atoms with Gasteiger partial charge in [0.1, 0.15) is 13.2 Å². The second-order valence-corrected chi connectivity index (χ2v) is 21.3. The topological polar surface area (TPSA) is 111 Å². The highest BCUT2D eigenvalue weighted by Gasteiger charge is 2.21. The maximum absolute atomic E-state index is 12.7. The van der Waals surface area contributed by atoms with Gasteiger partial charge in [-0.2, -0.15) is 0 Å². The van der Waals surface area contributed by atoms with Crippen molar-refractivity contribution in [1.29, 1.82) is 0 Å². The van der Waals surface area contributed by atoms with Gasteiger partial charge in [-0.1, -0.05) is 274 Å². The molecule has 0 amide bonds. The molecule has 72 heavy (non-hydrogen) atoms. The minimum Gasteiger partial charge on any atom is -0.545 e. The van der Waals surface area contributed by atoms with E-state index >= 15 is 0 Å². The Balaban J connectivity index is 4.10. The maximum Gasteiger partial charge on any atom is 0.310 e. The molecule has 0 aliphatic carbocycles. The third-order valence-electron chi connectivity index (χ3n) is 13.1. The van der Waals surface area contributed by atoms with Crippen LogP contribution in [0.15, 0.2) is 60.8 Å². The van der Waals surface area contributed by atoms with E-state index in [0.29, 0.717) is 17.4 Å². The molecule has 0 saturated heterocycles. The third kappa shape index (κ3) is 54.8.